The molecule has 1 aliphatic carbocycles. The van der Waals surface area contributed by atoms with Gasteiger partial charge in [0.05, 0.1) is 0 Å². The van der Waals surface area contributed by atoms with Crippen molar-refractivity contribution in [1.82, 2.24) is 0 Å². The van der Waals surface area contributed by atoms with Crippen LogP contribution in [0, 0.1) is 0 Å². The minimum atomic E-state index is 0.188. The number of hydrogen-bond acceptors (Lipinski definition) is 0. The van der Waals surface area contributed by atoms with Gasteiger partial charge in [-0.1, -0.05) is 0 Å². The predicted molar refractivity (Wildman–Crippen MR) is 136 cm³/mol. The van der Waals surface area contributed by atoms with Crippen LogP contribution in [-0.4, -0.2) is 22.5 Å². The Morgan fingerprint density at radius 2 is 1.36 bits per heavy atom. The Morgan fingerprint density at radius 3 is 1.86 bits per heavy atom. The Bertz CT molecular complexity index is 716. The van der Waals surface area contributed by atoms with E-state index in [1.165, 1.54) is 70.6 Å². The first-order chi connectivity index (χ1) is 13.4. The first kappa shape index (κ1) is 24.5. The molecule has 1 aromatic carbocycles. The van der Waals surface area contributed by atoms with Gasteiger partial charge in [0.15, 0.2) is 0 Å². The summed E-state index contributed by atoms with van der Waals surface area (Å²) in [6, 6.07) is 0. The zero-order chi connectivity index (χ0) is 20.9. The Kier molecular flexibility index (Phi) is 9.60. The third kappa shape index (κ3) is 4.44. The predicted octanol–water partition coefficient (Wildman–Crippen LogP) is 6.38. The van der Waals surface area contributed by atoms with Gasteiger partial charge >= 0.3 is 192 Å². The van der Waals surface area contributed by atoms with Gasteiger partial charge in [-0.05, 0) is 0 Å². The summed E-state index contributed by atoms with van der Waals surface area (Å²) < 4.78 is 1.83. The van der Waals surface area contributed by atoms with Crippen LogP contribution in [0.3, 0.4) is 0 Å². The average Bonchev–Trinajstić information content (AvgIpc) is 2.91. The van der Waals surface area contributed by atoms with Crippen molar-refractivity contribution in [2.75, 3.05) is 0 Å². The van der Waals surface area contributed by atoms with E-state index in [0.717, 1.165) is 0 Å². The molecule has 0 spiro atoms. The minimum absolute atomic E-state index is 0.188. The quantitative estimate of drug-likeness (QED) is 0.241. The van der Waals surface area contributed by atoms with Crippen LogP contribution >= 0.6 is 9.24 Å². The maximum absolute atomic E-state index is 3.39. The van der Waals surface area contributed by atoms with E-state index in [2.05, 4.69) is 50.8 Å². The van der Waals surface area contributed by atoms with E-state index in [9.17, 15) is 0 Å². The van der Waals surface area contributed by atoms with Crippen molar-refractivity contribution in [2.24, 2.45) is 0 Å². The molecule has 0 bridgehead atoms. The molecule has 0 fully saturated rings. The van der Waals surface area contributed by atoms with Crippen LogP contribution in [0.2, 0.25) is 0 Å². The van der Waals surface area contributed by atoms with E-state index in [-0.39, 0.29) is 5.16 Å². The van der Waals surface area contributed by atoms with Crippen molar-refractivity contribution in [3.8, 4) is 0 Å². The van der Waals surface area contributed by atoms with Gasteiger partial charge in [-0.2, -0.15) is 0 Å². The normalized spacial score (nSPS) is 19.0. The van der Waals surface area contributed by atoms with Crippen LogP contribution in [0.15, 0.2) is 5.57 Å². The molecule has 1 aliphatic rings. The van der Waals surface area contributed by atoms with Gasteiger partial charge < -0.3 is 0 Å². The standard InChI is InChI=1S/C26H42P.Sn.3H/c1-7-12-15-21-18-20(10-4)24-22(11-5)19(6)26(27,17-14-9-3)25(24)23(21)16-13-8-2;;;;/h7-17,27H2,1-6H3;;;;. The molecule has 2 heteroatoms. The van der Waals surface area contributed by atoms with Crippen molar-refractivity contribution < 1.29 is 0 Å². The number of rotatable bonds is 11. The van der Waals surface area contributed by atoms with E-state index >= 15 is 0 Å². The number of allylic oxidation sites excluding steroid dienone is 2. The summed E-state index contributed by atoms with van der Waals surface area (Å²) >= 11 is 0.548. The van der Waals surface area contributed by atoms with Gasteiger partial charge in [-0.3, -0.25) is 0 Å². The van der Waals surface area contributed by atoms with Crippen LogP contribution in [0.1, 0.15) is 121 Å². The SMILES string of the molecule is CCCCc1[c]([SnH3])c(CC)c2c(c1CCCC)C(P)(CCCC)C(C)=C2CC. The second-order valence-corrected chi connectivity index (χ2v) is 12.7. The van der Waals surface area contributed by atoms with Gasteiger partial charge in [0.2, 0.25) is 0 Å². The topological polar surface area (TPSA) is 0 Å². The van der Waals surface area contributed by atoms with Crippen molar-refractivity contribution in [3.05, 3.63) is 33.4 Å². The Balaban J connectivity index is 2.85. The van der Waals surface area contributed by atoms with Crippen molar-refractivity contribution >= 4 is 40.9 Å². The molecule has 2 unspecified atom stereocenters. The molecule has 0 saturated carbocycles. The number of benzene rings is 1. The van der Waals surface area contributed by atoms with Crippen LogP contribution < -0.4 is 3.58 Å². The van der Waals surface area contributed by atoms with Gasteiger partial charge in [-0.25, -0.2) is 0 Å². The van der Waals surface area contributed by atoms with Crippen molar-refractivity contribution in [1.29, 1.82) is 0 Å². The number of hydrogen-bond donors (Lipinski definition) is 0. The Hall–Kier alpha value is 0.189. The molecular weight excluding hydrogens is 462 g/mol. The Morgan fingerprint density at radius 1 is 0.786 bits per heavy atom. The molecule has 0 nitrogen and oxygen atoms in total. The van der Waals surface area contributed by atoms with E-state index in [4.69, 9.17) is 0 Å². The van der Waals surface area contributed by atoms with Crippen LogP contribution in [0.4, 0.5) is 0 Å². The van der Waals surface area contributed by atoms with E-state index < -0.39 is 0 Å². The Labute approximate surface area is 191 Å². The molecule has 0 N–H and O–H groups in total. The fourth-order valence-corrected chi connectivity index (χ4v) is 9.49. The summed E-state index contributed by atoms with van der Waals surface area (Å²) in [5.41, 5.74) is 12.2. The summed E-state index contributed by atoms with van der Waals surface area (Å²) in [6.45, 7) is 14.3. The monoisotopic (exact) mass is 508 g/mol. The van der Waals surface area contributed by atoms with Crippen LogP contribution in [0.5, 0.6) is 0 Å². The first-order valence-corrected chi connectivity index (χ1v) is 15.5. The van der Waals surface area contributed by atoms with E-state index in [1.54, 1.807) is 39.0 Å². The molecule has 0 amide bonds. The molecule has 1 aromatic rings. The molecule has 2 atom stereocenters. The molecule has 0 heterocycles. The molecule has 0 saturated heterocycles. The second kappa shape index (κ2) is 11.0. The van der Waals surface area contributed by atoms with Gasteiger partial charge in [-0.15, -0.1) is 0 Å². The van der Waals surface area contributed by atoms with Crippen molar-refractivity contribution in [2.45, 2.75) is 117 Å². The first-order valence-electron chi connectivity index (χ1n) is 12.1. The molecule has 0 aliphatic heterocycles. The third-order valence-electron chi connectivity index (χ3n) is 7.19. The molecule has 0 radical (unpaired) electrons. The van der Waals surface area contributed by atoms with Crippen LogP contribution in [-0.2, 0) is 24.4 Å². The zero-order valence-electron chi connectivity index (χ0n) is 19.9. The van der Waals surface area contributed by atoms with Gasteiger partial charge in [0.1, 0.15) is 0 Å². The third-order valence-corrected chi connectivity index (χ3v) is 11.6. The average molecular weight is 507 g/mol. The van der Waals surface area contributed by atoms with E-state index in [1.807, 2.05) is 3.58 Å². The molecule has 28 heavy (non-hydrogen) atoms. The zero-order valence-corrected chi connectivity index (χ0v) is 26.7. The maximum atomic E-state index is 3.39. The fraction of sp³-hybridized carbons (Fsp3) is 0.692. The molecular formula is C26H45PSn. The van der Waals surface area contributed by atoms with Crippen molar-refractivity contribution in [3.63, 3.8) is 0 Å². The summed E-state index contributed by atoms with van der Waals surface area (Å²) in [7, 11) is 3.39. The summed E-state index contributed by atoms with van der Waals surface area (Å²) in [5.74, 6) is 0. The number of unbranched alkanes of at least 4 members (excludes halogenated alkanes) is 3. The summed E-state index contributed by atoms with van der Waals surface area (Å²) in [6.07, 6.45) is 14.2. The summed E-state index contributed by atoms with van der Waals surface area (Å²) in [4.78, 5) is 0. The second-order valence-electron chi connectivity index (χ2n) is 8.90. The van der Waals surface area contributed by atoms with Gasteiger partial charge in [0, 0.05) is 0 Å². The summed E-state index contributed by atoms with van der Waals surface area (Å²) in [5, 5.41) is 0.188. The van der Waals surface area contributed by atoms with E-state index in [0.29, 0.717) is 22.5 Å². The molecule has 158 valence electrons. The number of fused-ring (bicyclic) bond motifs is 1. The fourth-order valence-electron chi connectivity index (χ4n) is 5.49. The van der Waals surface area contributed by atoms with Crippen LogP contribution in [0.25, 0.3) is 5.57 Å². The van der Waals surface area contributed by atoms with Gasteiger partial charge in [0.25, 0.3) is 0 Å². The molecule has 2 rings (SSSR count). The molecule has 0 aromatic heterocycles.